The molecule has 0 fully saturated rings. The minimum atomic E-state index is -2.07. The molecule has 10 heavy (non-hydrogen) atoms. The number of aliphatic hydroxyl groups is 2. The molecule has 0 aliphatic carbocycles. The van der Waals surface area contributed by atoms with E-state index in [0.717, 1.165) is 0 Å². The highest BCUT2D eigenvalue weighted by Gasteiger charge is 2.35. The molecule has 5 nitrogen and oxygen atoms in total. The van der Waals surface area contributed by atoms with Crippen molar-refractivity contribution < 1.29 is 15.1 Å². The number of nitrogens with zero attached hydrogens (tertiary/aromatic N) is 1. The predicted molar refractivity (Wildman–Crippen MR) is 37.2 cm³/mol. The maximum atomic E-state index is 9.95. The number of hydrogen-bond acceptors (Lipinski definition) is 4. The standard InChI is InChI=1S/C4H8BrNO4/c5-4(8,6(9)10)2-1-3-7/h7-8H,1-3H2. The van der Waals surface area contributed by atoms with E-state index in [1.807, 2.05) is 0 Å². The van der Waals surface area contributed by atoms with Crippen LogP contribution in [-0.4, -0.2) is 26.4 Å². The lowest BCUT2D eigenvalue weighted by Gasteiger charge is -2.09. The van der Waals surface area contributed by atoms with Gasteiger partial charge in [-0.15, -0.1) is 0 Å². The van der Waals surface area contributed by atoms with Gasteiger partial charge in [-0.05, 0) is 6.42 Å². The van der Waals surface area contributed by atoms with Crippen LogP contribution >= 0.6 is 15.9 Å². The summed E-state index contributed by atoms with van der Waals surface area (Å²) in [6, 6.07) is 0. The van der Waals surface area contributed by atoms with Gasteiger partial charge >= 0.3 is 4.63 Å². The van der Waals surface area contributed by atoms with Gasteiger partial charge in [-0.3, -0.25) is 10.1 Å². The minimum Gasteiger partial charge on any atom is -0.396 e. The molecule has 6 heteroatoms. The van der Waals surface area contributed by atoms with E-state index in [4.69, 9.17) is 10.2 Å². The number of alkyl halides is 1. The van der Waals surface area contributed by atoms with Crippen LogP contribution in [-0.2, 0) is 0 Å². The zero-order valence-electron chi connectivity index (χ0n) is 5.16. The molecule has 0 aliphatic heterocycles. The third kappa shape index (κ3) is 3.09. The minimum absolute atomic E-state index is 0.101. The summed E-state index contributed by atoms with van der Waals surface area (Å²) in [5.41, 5.74) is 0. The first-order valence-electron chi connectivity index (χ1n) is 2.67. The zero-order chi connectivity index (χ0) is 8.20. The van der Waals surface area contributed by atoms with Crippen molar-refractivity contribution in [1.82, 2.24) is 0 Å². The molecule has 0 rings (SSSR count). The van der Waals surface area contributed by atoms with Crippen molar-refractivity contribution >= 4 is 15.9 Å². The average Bonchev–Trinajstić information content (AvgIpc) is 1.84. The van der Waals surface area contributed by atoms with Gasteiger partial charge in [-0.2, -0.15) is 0 Å². The molecule has 0 radical (unpaired) electrons. The van der Waals surface area contributed by atoms with Crippen LogP contribution in [0.25, 0.3) is 0 Å². The zero-order valence-corrected chi connectivity index (χ0v) is 6.74. The van der Waals surface area contributed by atoms with Gasteiger partial charge < -0.3 is 10.2 Å². The normalized spacial score (nSPS) is 16.3. The van der Waals surface area contributed by atoms with Crippen molar-refractivity contribution in [3.05, 3.63) is 10.1 Å². The van der Waals surface area contributed by atoms with E-state index in [1.165, 1.54) is 0 Å². The second-order valence-electron chi connectivity index (χ2n) is 1.80. The van der Waals surface area contributed by atoms with Gasteiger partial charge in [0.15, 0.2) is 0 Å². The van der Waals surface area contributed by atoms with E-state index >= 15 is 0 Å². The molecular formula is C4H8BrNO4. The summed E-state index contributed by atoms with van der Waals surface area (Å²) in [4.78, 5) is 9.11. The number of hydrogen-bond donors (Lipinski definition) is 2. The van der Waals surface area contributed by atoms with Gasteiger partial charge in [0.25, 0.3) is 0 Å². The van der Waals surface area contributed by atoms with Gasteiger partial charge in [0.05, 0.1) is 11.3 Å². The Bertz CT molecular complexity index is 126. The van der Waals surface area contributed by atoms with E-state index in [0.29, 0.717) is 0 Å². The van der Waals surface area contributed by atoms with Crippen molar-refractivity contribution in [2.75, 3.05) is 6.61 Å². The molecule has 1 atom stereocenters. The molecule has 0 aromatic rings. The monoisotopic (exact) mass is 213 g/mol. The Labute approximate surface area is 65.9 Å². The van der Waals surface area contributed by atoms with Crippen LogP contribution in [0.3, 0.4) is 0 Å². The van der Waals surface area contributed by atoms with Gasteiger partial charge in [0.2, 0.25) is 0 Å². The van der Waals surface area contributed by atoms with E-state index in [1.54, 1.807) is 0 Å². The SMILES string of the molecule is O=[N+]([O-])C(O)(Br)CCCO. The molecule has 0 bridgehead atoms. The van der Waals surface area contributed by atoms with E-state index in [2.05, 4.69) is 15.9 Å². The fourth-order valence-corrected chi connectivity index (χ4v) is 0.676. The molecule has 1 unspecified atom stereocenters. The van der Waals surface area contributed by atoms with E-state index in [-0.39, 0.29) is 19.4 Å². The van der Waals surface area contributed by atoms with Crippen molar-refractivity contribution in [3.8, 4) is 0 Å². The Kier molecular flexibility index (Phi) is 3.77. The molecule has 0 heterocycles. The summed E-state index contributed by atoms with van der Waals surface area (Å²) in [6.45, 7) is -0.165. The first kappa shape index (κ1) is 9.80. The van der Waals surface area contributed by atoms with Crippen LogP contribution in [0.5, 0.6) is 0 Å². The summed E-state index contributed by atoms with van der Waals surface area (Å²) in [7, 11) is 0. The van der Waals surface area contributed by atoms with Crippen molar-refractivity contribution in [1.29, 1.82) is 0 Å². The van der Waals surface area contributed by atoms with Crippen molar-refractivity contribution in [3.63, 3.8) is 0 Å². The number of nitro groups is 1. The molecule has 0 saturated carbocycles. The quantitative estimate of drug-likeness (QED) is 0.228. The molecule has 0 amide bonds. The predicted octanol–water partition coefficient (Wildman–Crippen LogP) is 0.0766. The maximum absolute atomic E-state index is 9.95. The van der Waals surface area contributed by atoms with Crippen LogP contribution in [0.1, 0.15) is 12.8 Å². The van der Waals surface area contributed by atoms with Gasteiger partial charge in [0, 0.05) is 22.5 Å². The highest BCUT2D eigenvalue weighted by molar-refractivity contribution is 9.09. The van der Waals surface area contributed by atoms with E-state index in [9.17, 15) is 10.1 Å². The smallest absolute Gasteiger partial charge is 0.378 e. The van der Waals surface area contributed by atoms with Gasteiger partial charge in [0.1, 0.15) is 0 Å². The Morgan fingerprint density at radius 1 is 1.70 bits per heavy atom. The number of rotatable bonds is 4. The molecule has 2 N–H and O–H groups in total. The second-order valence-corrected chi connectivity index (χ2v) is 3.07. The van der Waals surface area contributed by atoms with Gasteiger partial charge in [-0.1, -0.05) is 0 Å². The molecule has 0 aromatic carbocycles. The largest absolute Gasteiger partial charge is 0.396 e. The topological polar surface area (TPSA) is 83.6 Å². The third-order valence-corrected chi connectivity index (χ3v) is 1.62. The fraction of sp³-hybridized carbons (Fsp3) is 1.00. The van der Waals surface area contributed by atoms with Crippen LogP contribution in [0.4, 0.5) is 0 Å². The lowest BCUT2D eigenvalue weighted by molar-refractivity contribution is -0.586. The molecule has 0 spiro atoms. The summed E-state index contributed by atoms with van der Waals surface area (Å²) in [5.74, 6) is 0. The van der Waals surface area contributed by atoms with E-state index < -0.39 is 9.56 Å². The lowest BCUT2D eigenvalue weighted by Crippen LogP contribution is -2.30. The van der Waals surface area contributed by atoms with Crippen LogP contribution in [0.2, 0.25) is 0 Å². The Balaban J connectivity index is 3.75. The summed E-state index contributed by atoms with van der Waals surface area (Å²) in [6.07, 6.45) is 0.0965. The number of halogens is 1. The summed E-state index contributed by atoms with van der Waals surface area (Å²) >= 11 is 2.49. The average molecular weight is 214 g/mol. The first-order chi connectivity index (χ1) is 4.50. The fourth-order valence-electron chi connectivity index (χ4n) is 0.395. The summed E-state index contributed by atoms with van der Waals surface area (Å²) < 4.78 is -2.07. The number of aliphatic hydroxyl groups excluding tert-OH is 1. The molecule has 0 saturated heterocycles. The lowest BCUT2D eigenvalue weighted by atomic mass is 10.3. The molecule has 0 aromatic heterocycles. The molecule has 60 valence electrons. The van der Waals surface area contributed by atoms with Crippen LogP contribution in [0.15, 0.2) is 0 Å². The molecular weight excluding hydrogens is 206 g/mol. The maximum Gasteiger partial charge on any atom is 0.378 e. The van der Waals surface area contributed by atoms with Crippen LogP contribution in [0, 0.1) is 10.1 Å². The second kappa shape index (κ2) is 3.85. The van der Waals surface area contributed by atoms with Crippen LogP contribution < -0.4 is 0 Å². The molecule has 0 aliphatic rings. The highest BCUT2D eigenvalue weighted by atomic mass is 79.9. The highest BCUT2D eigenvalue weighted by Crippen LogP contribution is 2.20. The third-order valence-electron chi connectivity index (χ3n) is 0.933. The first-order valence-corrected chi connectivity index (χ1v) is 3.46. The Morgan fingerprint density at radius 2 is 2.20 bits per heavy atom. The summed E-state index contributed by atoms with van der Waals surface area (Å²) in [5, 5.41) is 27.0. The Hall–Kier alpha value is -0.200. The van der Waals surface area contributed by atoms with Crippen molar-refractivity contribution in [2.45, 2.75) is 17.5 Å². The van der Waals surface area contributed by atoms with Gasteiger partial charge in [-0.25, -0.2) is 0 Å². The van der Waals surface area contributed by atoms with Crippen molar-refractivity contribution in [2.24, 2.45) is 0 Å². The Morgan fingerprint density at radius 3 is 2.50 bits per heavy atom.